The zero-order valence-electron chi connectivity index (χ0n) is 15.3. The second kappa shape index (κ2) is 8.90. The molecule has 2 aromatic carbocycles. The molecule has 0 aliphatic carbocycles. The van der Waals surface area contributed by atoms with Gasteiger partial charge in [0.2, 0.25) is 5.91 Å². The Balaban J connectivity index is 1.49. The van der Waals surface area contributed by atoms with Gasteiger partial charge in [-0.05, 0) is 18.6 Å². The summed E-state index contributed by atoms with van der Waals surface area (Å²) in [4.78, 5) is 27.1. The van der Waals surface area contributed by atoms with Gasteiger partial charge < -0.3 is 9.80 Å². The average molecular weight is 385 g/mol. The number of anilines is 1. The van der Waals surface area contributed by atoms with Crippen LogP contribution in [0.3, 0.4) is 0 Å². The predicted molar refractivity (Wildman–Crippen MR) is 109 cm³/mol. The Morgan fingerprint density at radius 3 is 2.56 bits per heavy atom. The molecule has 0 unspecified atom stereocenters. The molecule has 0 aromatic heterocycles. The third-order valence-electron chi connectivity index (χ3n) is 4.63. The zero-order valence-corrected chi connectivity index (χ0v) is 16.2. The summed E-state index contributed by atoms with van der Waals surface area (Å²) in [7, 11) is 0. The van der Waals surface area contributed by atoms with E-state index in [4.69, 9.17) is 0 Å². The van der Waals surface area contributed by atoms with Crippen LogP contribution in [0.1, 0.15) is 11.1 Å². The molecule has 0 spiro atoms. The van der Waals surface area contributed by atoms with Crippen molar-refractivity contribution in [2.45, 2.75) is 12.7 Å². The summed E-state index contributed by atoms with van der Waals surface area (Å²) < 4.78 is 0. The highest BCUT2D eigenvalue weighted by Gasteiger charge is 2.25. The van der Waals surface area contributed by atoms with Gasteiger partial charge in [-0.1, -0.05) is 42.0 Å². The molecule has 0 atom stereocenters. The fourth-order valence-corrected chi connectivity index (χ4v) is 4.11. The topological polar surface area (TPSA) is 66.7 Å². The number of carbonyl (C=O) groups is 1. The lowest BCUT2D eigenvalue weighted by atomic mass is 10.2. The summed E-state index contributed by atoms with van der Waals surface area (Å²) in [5, 5.41) is 11.2. The second-order valence-electron chi connectivity index (χ2n) is 6.60. The normalized spacial score (nSPS) is 14.3. The molecule has 1 fully saturated rings. The predicted octanol–water partition coefficient (Wildman–Crippen LogP) is 3.49. The van der Waals surface area contributed by atoms with Gasteiger partial charge in [0, 0.05) is 38.0 Å². The van der Waals surface area contributed by atoms with Crippen molar-refractivity contribution in [3.8, 4) is 0 Å². The lowest BCUT2D eigenvalue weighted by Gasteiger charge is -2.35. The Morgan fingerprint density at radius 1 is 1.11 bits per heavy atom. The first-order chi connectivity index (χ1) is 13.0. The number of para-hydroxylation sites is 2. The molecule has 6 nitrogen and oxygen atoms in total. The SMILES string of the molecule is Cc1cccc(CSCC(=O)N2CCN(c3ccccc3[N+](=O)[O-])CC2)c1. The summed E-state index contributed by atoms with van der Waals surface area (Å²) >= 11 is 1.63. The third-order valence-corrected chi connectivity index (χ3v) is 5.62. The molecular formula is C20H23N3O3S. The van der Waals surface area contributed by atoms with Crippen LogP contribution in [0.15, 0.2) is 48.5 Å². The van der Waals surface area contributed by atoms with Crippen molar-refractivity contribution in [2.24, 2.45) is 0 Å². The van der Waals surface area contributed by atoms with Gasteiger partial charge >= 0.3 is 0 Å². The van der Waals surface area contributed by atoms with E-state index >= 15 is 0 Å². The lowest BCUT2D eigenvalue weighted by Crippen LogP contribution is -2.49. The van der Waals surface area contributed by atoms with Crippen LogP contribution in [-0.4, -0.2) is 47.7 Å². The van der Waals surface area contributed by atoms with Crippen LogP contribution in [0.25, 0.3) is 0 Å². The number of hydrogen-bond acceptors (Lipinski definition) is 5. The molecule has 0 bridgehead atoms. The minimum atomic E-state index is -0.352. The number of piperazine rings is 1. The van der Waals surface area contributed by atoms with E-state index in [-0.39, 0.29) is 16.5 Å². The molecule has 27 heavy (non-hydrogen) atoms. The van der Waals surface area contributed by atoms with E-state index in [2.05, 4.69) is 25.1 Å². The summed E-state index contributed by atoms with van der Waals surface area (Å²) in [6.45, 7) is 4.47. The molecule has 0 saturated carbocycles. The molecule has 1 aliphatic rings. The highest BCUT2D eigenvalue weighted by molar-refractivity contribution is 7.99. The first kappa shape index (κ1) is 19.2. The standard InChI is InChI=1S/C20H23N3O3S/c1-16-5-4-6-17(13-16)14-27-15-20(24)22-11-9-21(10-12-22)18-7-2-3-8-19(18)23(25)26/h2-8,13H,9-12,14-15H2,1H3. The minimum absolute atomic E-state index is 0.117. The molecule has 3 rings (SSSR count). The van der Waals surface area contributed by atoms with Crippen molar-refractivity contribution in [2.75, 3.05) is 36.8 Å². The molecule has 142 valence electrons. The van der Waals surface area contributed by atoms with E-state index in [1.807, 2.05) is 21.9 Å². The van der Waals surface area contributed by atoms with Gasteiger partial charge in [0.1, 0.15) is 5.69 Å². The molecule has 0 N–H and O–H groups in total. The molecule has 1 saturated heterocycles. The smallest absolute Gasteiger partial charge is 0.292 e. The van der Waals surface area contributed by atoms with Crippen LogP contribution in [0, 0.1) is 17.0 Å². The van der Waals surface area contributed by atoms with Crippen molar-refractivity contribution in [1.29, 1.82) is 0 Å². The van der Waals surface area contributed by atoms with E-state index in [1.165, 1.54) is 17.2 Å². The Labute approximate surface area is 163 Å². The third kappa shape index (κ3) is 5.01. The van der Waals surface area contributed by atoms with Crippen LogP contribution in [0.2, 0.25) is 0 Å². The highest BCUT2D eigenvalue weighted by atomic mass is 32.2. The molecule has 2 aromatic rings. The fraction of sp³-hybridized carbons (Fsp3) is 0.350. The van der Waals surface area contributed by atoms with E-state index in [1.54, 1.807) is 23.9 Å². The first-order valence-electron chi connectivity index (χ1n) is 8.94. The maximum Gasteiger partial charge on any atom is 0.292 e. The Hall–Kier alpha value is -2.54. The summed E-state index contributed by atoms with van der Waals surface area (Å²) in [5.74, 6) is 1.41. The molecule has 7 heteroatoms. The maximum atomic E-state index is 12.5. The summed E-state index contributed by atoms with van der Waals surface area (Å²) in [5.41, 5.74) is 3.20. The number of carbonyl (C=O) groups excluding carboxylic acids is 1. The van der Waals surface area contributed by atoms with E-state index in [0.29, 0.717) is 37.6 Å². The zero-order chi connectivity index (χ0) is 19.2. The number of nitrogens with zero attached hydrogens (tertiary/aromatic N) is 3. The molecular weight excluding hydrogens is 362 g/mol. The van der Waals surface area contributed by atoms with Gasteiger partial charge in [-0.3, -0.25) is 14.9 Å². The largest absolute Gasteiger partial charge is 0.362 e. The number of benzene rings is 2. The van der Waals surface area contributed by atoms with Gasteiger partial charge in [0.25, 0.3) is 5.69 Å². The quantitative estimate of drug-likeness (QED) is 0.563. The van der Waals surface area contributed by atoms with Crippen molar-refractivity contribution >= 4 is 29.0 Å². The molecule has 1 amide bonds. The second-order valence-corrected chi connectivity index (χ2v) is 7.58. The van der Waals surface area contributed by atoms with Crippen molar-refractivity contribution in [3.05, 3.63) is 69.8 Å². The monoisotopic (exact) mass is 385 g/mol. The van der Waals surface area contributed by atoms with Crippen molar-refractivity contribution in [1.82, 2.24) is 4.90 Å². The van der Waals surface area contributed by atoms with Crippen LogP contribution in [0.4, 0.5) is 11.4 Å². The van der Waals surface area contributed by atoms with Gasteiger partial charge in [-0.25, -0.2) is 0 Å². The number of nitro groups is 1. The number of rotatable bonds is 6. The van der Waals surface area contributed by atoms with E-state index < -0.39 is 0 Å². The Morgan fingerprint density at radius 2 is 1.85 bits per heavy atom. The number of nitro benzene ring substituents is 1. The van der Waals surface area contributed by atoms with Crippen LogP contribution in [0.5, 0.6) is 0 Å². The van der Waals surface area contributed by atoms with Crippen LogP contribution in [-0.2, 0) is 10.5 Å². The Kier molecular flexibility index (Phi) is 6.34. The number of thioether (sulfide) groups is 1. The molecule has 1 heterocycles. The number of amides is 1. The Bertz CT molecular complexity index is 820. The van der Waals surface area contributed by atoms with E-state index in [9.17, 15) is 14.9 Å². The molecule has 1 aliphatic heterocycles. The summed E-state index contributed by atoms with van der Waals surface area (Å²) in [6, 6.07) is 15.1. The summed E-state index contributed by atoms with van der Waals surface area (Å²) in [6.07, 6.45) is 0. The first-order valence-corrected chi connectivity index (χ1v) is 10.1. The van der Waals surface area contributed by atoms with Crippen LogP contribution < -0.4 is 4.90 Å². The van der Waals surface area contributed by atoms with Gasteiger partial charge in [0.15, 0.2) is 0 Å². The fourth-order valence-electron chi connectivity index (χ4n) is 3.23. The molecule has 0 radical (unpaired) electrons. The maximum absolute atomic E-state index is 12.5. The van der Waals surface area contributed by atoms with Gasteiger partial charge in [0.05, 0.1) is 10.7 Å². The van der Waals surface area contributed by atoms with E-state index in [0.717, 1.165) is 5.75 Å². The average Bonchev–Trinajstić information content (AvgIpc) is 2.68. The minimum Gasteiger partial charge on any atom is -0.362 e. The van der Waals surface area contributed by atoms with Gasteiger partial charge in [-0.15, -0.1) is 11.8 Å². The van der Waals surface area contributed by atoms with Crippen LogP contribution >= 0.6 is 11.8 Å². The number of hydrogen-bond donors (Lipinski definition) is 0. The number of aryl methyl sites for hydroxylation is 1. The lowest BCUT2D eigenvalue weighted by molar-refractivity contribution is -0.384. The highest BCUT2D eigenvalue weighted by Crippen LogP contribution is 2.28. The van der Waals surface area contributed by atoms with Crippen molar-refractivity contribution < 1.29 is 9.72 Å². The van der Waals surface area contributed by atoms with Crippen molar-refractivity contribution in [3.63, 3.8) is 0 Å². The van der Waals surface area contributed by atoms with Gasteiger partial charge in [-0.2, -0.15) is 0 Å².